The Morgan fingerprint density at radius 1 is 0.429 bits per heavy atom. The van der Waals surface area contributed by atoms with Gasteiger partial charge in [-0.1, -0.05) is 53.4 Å². The summed E-state index contributed by atoms with van der Waals surface area (Å²) in [5, 5.41) is 0. The zero-order valence-electron chi connectivity index (χ0n) is 18.1. The average Bonchev–Trinajstić information content (AvgIpc) is 2.66. The summed E-state index contributed by atoms with van der Waals surface area (Å²) in [4.78, 5) is 0. The summed E-state index contributed by atoms with van der Waals surface area (Å²) in [6.45, 7) is 9.00. The van der Waals surface area contributed by atoms with Gasteiger partial charge in [-0.2, -0.15) is 0 Å². The molecule has 0 amide bonds. The fraction of sp³-hybridized carbons (Fsp3) is 1.00. The second-order valence-electron chi connectivity index (χ2n) is 6.31. The van der Waals surface area contributed by atoms with Crippen LogP contribution in [-0.2, 0) is 36.3 Å². The van der Waals surface area contributed by atoms with E-state index in [4.69, 9.17) is 27.1 Å². The minimum atomic E-state index is -3.66. The molecule has 0 aliphatic rings. The summed E-state index contributed by atoms with van der Waals surface area (Å²) < 4.78 is 57.3. The van der Waals surface area contributed by atoms with Crippen LogP contribution >= 0.6 is 15.6 Å². The minimum absolute atomic E-state index is 0.103. The Kier molecular flexibility index (Phi) is 18.2. The van der Waals surface area contributed by atoms with E-state index in [9.17, 15) is 9.13 Å². The standard InChI is InChI=1S/C18H40O8P2/c1-5-9-13-21-27(19,22-14-10-6-2)25-17-18-26-28(20,23-15-11-7-3)24-16-12-8-4/h5-18H2,1-4H3. The van der Waals surface area contributed by atoms with Gasteiger partial charge in [0, 0.05) is 0 Å². The van der Waals surface area contributed by atoms with Crippen molar-refractivity contribution in [2.24, 2.45) is 0 Å². The highest BCUT2D eigenvalue weighted by Gasteiger charge is 2.29. The molecule has 0 spiro atoms. The molecule has 0 saturated carbocycles. The lowest BCUT2D eigenvalue weighted by Crippen LogP contribution is -2.09. The van der Waals surface area contributed by atoms with E-state index < -0.39 is 15.6 Å². The molecule has 28 heavy (non-hydrogen) atoms. The molecule has 10 heteroatoms. The highest BCUT2D eigenvalue weighted by Crippen LogP contribution is 2.52. The van der Waals surface area contributed by atoms with Gasteiger partial charge >= 0.3 is 15.6 Å². The van der Waals surface area contributed by atoms with E-state index in [0.29, 0.717) is 26.4 Å². The molecular weight excluding hydrogens is 406 g/mol. The maximum absolute atomic E-state index is 12.7. The summed E-state index contributed by atoms with van der Waals surface area (Å²) in [5.74, 6) is 0. The Morgan fingerprint density at radius 2 is 0.643 bits per heavy atom. The topological polar surface area (TPSA) is 89.5 Å². The first-order chi connectivity index (χ1) is 13.4. The van der Waals surface area contributed by atoms with Crippen LogP contribution in [0.5, 0.6) is 0 Å². The third-order valence-corrected chi connectivity index (χ3v) is 6.56. The van der Waals surface area contributed by atoms with Crippen LogP contribution in [0.15, 0.2) is 0 Å². The molecule has 170 valence electrons. The third-order valence-electron chi connectivity index (χ3n) is 3.57. The van der Waals surface area contributed by atoms with Gasteiger partial charge in [-0.15, -0.1) is 0 Å². The lowest BCUT2D eigenvalue weighted by molar-refractivity contribution is 0.0734. The zero-order chi connectivity index (χ0) is 21.1. The van der Waals surface area contributed by atoms with Crippen molar-refractivity contribution in [2.45, 2.75) is 79.1 Å². The van der Waals surface area contributed by atoms with Crippen LogP contribution in [0.2, 0.25) is 0 Å². The van der Waals surface area contributed by atoms with E-state index in [0.717, 1.165) is 51.4 Å². The predicted octanol–water partition coefficient (Wildman–Crippen LogP) is 6.50. The first-order valence-corrected chi connectivity index (χ1v) is 13.4. The highest BCUT2D eigenvalue weighted by atomic mass is 31.2. The fourth-order valence-corrected chi connectivity index (χ4v) is 4.26. The van der Waals surface area contributed by atoms with Gasteiger partial charge in [-0.3, -0.25) is 27.1 Å². The van der Waals surface area contributed by atoms with Gasteiger partial charge in [0.2, 0.25) is 0 Å². The third kappa shape index (κ3) is 15.1. The summed E-state index contributed by atoms with van der Waals surface area (Å²) in [7, 11) is -7.33. The molecule has 0 radical (unpaired) electrons. The van der Waals surface area contributed by atoms with Gasteiger partial charge in [0.15, 0.2) is 0 Å². The van der Waals surface area contributed by atoms with E-state index >= 15 is 0 Å². The highest BCUT2D eigenvalue weighted by molar-refractivity contribution is 7.48. The Labute approximate surface area is 171 Å². The molecule has 0 fully saturated rings. The van der Waals surface area contributed by atoms with Gasteiger partial charge in [-0.25, -0.2) is 9.13 Å². The number of hydrogen-bond acceptors (Lipinski definition) is 8. The maximum Gasteiger partial charge on any atom is 0.474 e. The Balaban J connectivity index is 4.52. The molecule has 0 unspecified atom stereocenters. The van der Waals surface area contributed by atoms with Crippen LogP contribution in [-0.4, -0.2) is 39.6 Å². The molecule has 0 aromatic rings. The molecule has 0 atom stereocenters. The van der Waals surface area contributed by atoms with Crippen molar-refractivity contribution in [3.8, 4) is 0 Å². The van der Waals surface area contributed by atoms with Crippen LogP contribution in [0.3, 0.4) is 0 Å². The Hall–Kier alpha value is 0.220. The van der Waals surface area contributed by atoms with Crippen LogP contribution in [0.1, 0.15) is 79.1 Å². The summed E-state index contributed by atoms with van der Waals surface area (Å²) in [5.41, 5.74) is 0. The minimum Gasteiger partial charge on any atom is -0.287 e. The van der Waals surface area contributed by atoms with Crippen LogP contribution in [0.4, 0.5) is 0 Å². The van der Waals surface area contributed by atoms with E-state index in [2.05, 4.69) is 0 Å². The van der Waals surface area contributed by atoms with Gasteiger partial charge in [0.1, 0.15) is 0 Å². The molecule has 0 aromatic carbocycles. The van der Waals surface area contributed by atoms with E-state index in [1.807, 2.05) is 27.7 Å². The quantitative estimate of drug-likeness (QED) is 0.146. The Morgan fingerprint density at radius 3 is 0.857 bits per heavy atom. The zero-order valence-corrected chi connectivity index (χ0v) is 19.8. The van der Waals surface area contributed by atoms with Crippen molar-refractivity contribution in [2.75, 3.05) is 39.6 Å². The molecule has 0 rings (SSSR count). The smallest absolute Gasteiger partial charge is 0.287 e. The van der Waals surface area contributed by atoms with Gasteiger partial charge in [0.05, 0.1) is 39.6 Å². The summed E-state index contributed by atoms with van der Waals surface area (Å²) in [6.07, 6.45) is 6.66. The molecule has 0 N–H and O–H groups in total. The Bertz CT molecular complexity index is 379. The summed E-state index contributed by atoms with van der Waals surface area (Å²) >= 11 is 0. The van der Waals surface area contributed by atoms with Crippen molar-refractivity contribution < 1.29 is 36.3 Å². The number of unbranched alkanes of at least 4 members (excludes halogenated alkanes) is 4. The summed E-state index contributed by atoms with van der Waals surface area (Å²) in [6, 6.07) is 0. The van der Waals surface area contributed by atoms with E-state index in [-0.39, 0.29) is 13.2 Å². The van der Waals surface area contributed by atoms with E-state index in [1.165, 1.54) is 0 Å². The fourth-order valence-electron chi connectivity index (χ4n) is 1.80. The SMILES string of the molecule is CCCCOP(=O)(OCCCC)OCCOP(=O)(OCCCC)OCCCC. The van der Waals surface area contributed by atoms with Crippen LogP contribution in [0.25, 0.3) is 0 Å². The lowest BCUT2D eigenvalue weighted by Gasteiger charge is -2.20. The number of rotatable bonds is 21. The molecule has 0 bridgehead atoms. The van der Waals surface area contributed by atoms with Crippen molar-refractivity contribution in [3.63, 3.8) is 0 Å². The first kappa shape index (κ1) is 28.2. The first-order valence-electron chi connectivity index (χ1n) is 10.5. The second-order valence-corrected chi connectivity index (χ2v) is 9.65. The molecule has 0 aliphatic carbocycles. The van der Waals surface area contributed by atoms with Crippen LogP contribution < -0.4 is 0 Å². The van der Waals surface area contributed by atoms with Gasteiger partial charge in [0.25, 0.3) is 0 Å². The van der Waals surface area contributed by atoms with Crippen LogP contribution in [0, 0.1) is 0 Å². The largest absolute Gasteiger partial charge is 0.474 e. The van der Waals surface area contributed by atoms with Crippen molar-refractivity contribution in [3.05, 3.63) is 0 Å². The van der Waals surface area contributed by atoms with E-state index in [1.54, 1.807) is 0 Å². The molecular formula is C18H40O8P2. The number of phosphoric ester groups is 2. The van der Waals surface area contributed by atoms with Crippen molar-refractivity contribution in [1.82, 2.24) is 0 Å². The van der Waals surface area contributed by atoms with Crippen molar-refractivity contribution >= 4 is 15.6 Å². The normalized spacial score (nSPS) is 12.6. The number of hydrogen-bond donors (Lipinski definition) is 0. The number of phosphoric acid groups is 2. The van der Waals surface area contributed by atoms with Gasteiger partial charge < -0.3 is 0 Å². The average molecular weight is 446 g/mol. The van der Waals surface area contributed by atoms with Crippen molar-refractivity contribution in [1.29, 1.82) is 0 Å². The molecule has 8 nitrogen and oxygen atoms in total. The maximum atomic E-state index is 12.7. The monoisotopic (exact) mass is 446 g/mol. The lowest BCUT2D eigenvalue weighted by atomic mass is 10.4. The molecule has 0 aromatic heterocycles. The predicted molar refractivity (Wildman–Crippen MR) is 111 cm³/mol. The second kappa shape index (κ2) is 18.0. The molecule has 0 aliphatic heterocycles. The molecule has 0 saturated heterocycles. The molecule has 0 heterocycles. The van der Waals surface area contributed by atoms with Gasteiger partial charge in [-0.05, 0) is 25.7 Å².